The molecule has 1 aromatic carbocycles. The monoisotopic (exact) mass is 390 g/mol. The second kappa shape index (κ2) is 8.74. The molecule has 3 fully saturated rings. The van der Waals surface area contributed by atoms with Crippen molar-refractivity contribution < 1.29 is 14.3 Å². The predicted molar refractivity (Wildman–Crippen MR) is 108 cm³/mol. The van der Waals surface area contributed by atoms with Crippen molar-refractivity contribution in [2.24, 2.45) is 0 Å². The topological polar surface area (TPSA) is 42.0 Å². The van der Waals surface area contributed by atoms with E-state index in [2.05, 4.69) is 17.0 Å². The number of nitrogens with zero attached hydrogens (tertiary/aromatic N) is 2. The largest absolute Gasteiger partial charge is 0.493 e. The molecule has 2 heterocycles. The molecule has 1 unspecified atom stereocenters. The van der Waals surface area contributed by atoms with E-state index in [1.54, 1.807) is 18.9 Å². The molecular weight excluding hydrogens is 360 g/mol. The van der Waals surface area contributed by atoms with Crippen molar-refractivity contribution >= 4 is 17.7 Å². The van der Waals surface area contributed by atoms with Gasteiger partial charge in [0.2, 0.25) is 5.91 Å². The number of benzene rings is 1. The zero-order valence-electron chi connectivity index (χ0n) is 16.2. The van der Waals surface area contributed by atoms with Gasteiger partial charge in [-0.05, 0) is 69.3 Å². The van der Waals surface area contributed by atoms with E-state index in [1.807, 2.05) is 11.0 Å². The van der Waals surface area contributed by atoms with E-state index in [4.69, 9.17) is 9.47 Å². The van der Waals surface area contributed by atoms with Gasteiger partial charge in [-0.3, -0.25) is 4.79 Å². The molecule has 1 amide bonds. The van der Waals surface area contributed by atoms with Gasteiger partial charge in [0, 0.05) is 13.1 Å². The van der Waals surface area contributed by atoms with Crippen LogP contribution in [0.3, 0.4) is 0 Å². The molecule has 0 N–H and O–H groups in total. The Kier molecular flexibility index (Phi) is 6.13. The zero-order valence-corrected chi connectivity index (χ0v) is 17.0. The lowest BCUT2D eigenvalue weighted by Gasteiger charge is -2.27. The standard InChI is InChI=1S/C21H30N2O3S/c1-25-18-9-8-16(14-19(18)26-17-6-2-3-7-17)21-23(20(24)15-27-21)13-12-22-10-4-5-11-22/h8-9,14,17,21H,2-7,10-13,15H2,1H3. The molecule has 1 saturated carbocycles. The average molecular weight is 391 g/mol. The second-order valence-corrected chi connectivity index (χ2v) is 8.80. The first kappa shape index (κ1) is 18.9. The van der Waals surface area contributed by atoms with Crippen LogP contribution in [-0.2, 0) is 4.79 Å². The van der Waals surface area contributed by atoms with Crippen molar-refractivity contribution in [3.63, 3.8) is 0 Å². The molecule has 1 aliphatic carbocycles. The Balaban J connectivity index is 1.48. The van der Waals surface area contributed by atoms with E-state index in [1.165, 1.54) is 38.8 Å². The Labute approximate surface area is 166 Å². The third-order valence-electron chi connectivity index (χ3n) is 5.89. The van der Waals surface area contributed by atoms with E-state index in [0.29, 0.717) is 11.9 Å². The van der Waals surface area contributed by atoms with Gasteiger partial charge in [-0.1, -0.05) is 6.07 Å². The fraction of sp³-hybridized carbons (Fsp3) is 0.667. The van der Waals surface area contributed by atoms with Crippen LogP contribution in [0.4, 0.5) is 0 Å². The smallest absolute Gasteiger partial charge is 0.233 e. The summed E-state index contributed by atoms with van der Waals surface area (Å²) in [6.07, 6.45) is 7.57. The van der Waals surface area contributed by atoms with Crippen molar-refractivity contribution in [1.82, 2.24) is 9.80 Å². The minimum Gasteiger partial charge on any atom is -0.493 e. The lowest BCUT2D eigenvalue weighted by molar-refractivity contribution is -0.128. The summed E-state index contributed by atoms with van der Waals surface area (Å²) in [6, 6.07) is 6.16. The van der Waals surface area contributed by atoms with Gasteiger partial charge >= 0.3 is 0 Å². The molecule has 3 aliphatic rings. The summed E-state index contributed by atoms with van der Waals surface area (Å²) in [4.78, 5) is 17.0. The van der Waals surface area contributed by atoms with Crippen molar-refractivity contribution in [2.45, 2.75) is 50.0 Å². The van der Waals surface area contributed by atoms with Gasteiger partial charge in [0.1, 0.15) is 5.37 Å². The Morgan fingerprint density at radius 2 is 1.85 bits per heavy atom. The lowest BCUT2D eigenvalue weighted by atomic mass is 10.1. The maximum atomic E-state index is 12.5. The molecule has 0 aromatic heterocycles. The minimum absolute atomic E-state index is 0.0805. The van der Waals surface area contributed by atoms with Crippen LogP contribution in [0.25, 0.3) is 0 Å². The van der Waals surface area contributed by atoms with E-state index < -0.39 is 0 Å². The number of rotatable bonds is 7. The highest BCUT2D eigenvalue weighted by Crippen LogP contribution is 2.42. The molecule has 148 valence electrons. The van der Waals surface area contributed by atoms with Crippen LogP contribution < -0.4 is 9.47 Å². The lowest BCUT2D eigenvalue weighted by Crippen LogP contribution is -2.36. The molecule has 2 saturated heterocycles. The number of ether oxygens (including phenoxy) is 2. The summed E-state index contributed by atoms with van der Waals surface area (Å²) in [5.74, 6) is 2.42. The molecule has 27 heavy (non-hydrogen) atoms. The van der Waals surface area contributed by atoms with Gasteiger partial charge < -0.3 is 19.3 Å². The van der Waals surface area contributed by atoms with E-state index in [9.17, 15) is 4.79 Å². The number of carbonyl (C=O) groups excluding carboxylic acids is 1. The number of hydrogen-bond acceptors (Lipinski definition) is 5. The second-order valence-electron chi connectivity index (χ2n) is 7.73. The van der Waals surface area contributed by atoms with E-state index in [0.717, 1.165) is 43.0 Å². The van der Waals surface area contributed by atoms with Crippen LogP contribution >= 0.6 is 11.8 Å². The van der Waals surface area contributed by atoms with Crippen LogP contribution in [0.15, 0.2) is 18.2 Å². The first-order valence-corrected chi connectivity index (χ1v) is 11.3. The molecule has 0 radical (unpaired) electrons. The maximum absolute atomic E-state index is 12.5. The van der Waals surface area contributed by atoms with Gasteiger partial charge in [0.15, 0.2) is 11.5 Å². The number of hydrogen-bond donors (Lipinski definition) is 0. The zero-order chi connectivity index (χ0) is 18.6. The van der Waals surface area contributed by atoms with E-state index in [-0.39, 0.29) is 11.3 Å². The summed E-state index contributed by atoms with van der Waals surface area (Å²) in [7, 11) is 1.69. The fourth-order valence-electron chi connectivity index (χ4n) is 4.35. The van der Waals surface area contributed by atoms with Gasteiger partial charge in [-0.25, -0.2) is 0 Å². The van der Waals surface area contributed by atoms with Gasteiger partial charge in [0.05, 0.1) is 19.0 Å². The van der Waals surface area contributed by atoms with Gasteiger partial charge in [-0.15, -0.1) is 11.8 Å². The predicted octanol–water partition coefficient (Wildman–Crippen LogP) is 3.69. The fourth-order valence-corrected chi connectivity index (χ4v) is 5.56. The number of amides is 1. The van der Waals surface area contributed by atoms with Crippen LogP contribution in [0.2, 0.25) is 0 Å². The number of thioether (sulfide) groups is 1. The summed E-state index contributed by atoms with van der Waals surface area (Å²) in [6.45, 7) is 4.12. The molecule has 0 bridgehead atoms. The number of methoxy groups -OCH3 is 1. The van der Waals surface area contributed by atoms with E-state index >= 15 is 0 Å². The molecule has 6 heteroatoms. The van der Waals surface area contributed by atoms with Crippen LogP contribution in [0.5, 0.6) is 11.5 Å². The third-order valence-corrected chi connectivity index (χ3v) is 7.15. The number of carbonyl (C=O) groups is 1. The summed E-state index contributed by atoms with van der Waals surface area (Å²) in [5.41, 5.74) is 1.14. The Bertz CT molecular complexity index is 657. The minimum atomic E-state index is 0.0805. The highest BCUT2D eigenvalue weighted by atomic mass is 32.2. The molecule has 1 aromatic rings. The molecule has 0 spiro atoms. The van der Waals surface area contributed by atoms with Gasteiger partial charge in [0.25, 0.3) is 0 Å². The van der Waals surface area contributed by atoms with Crippen molar-refractivity contribution in [2.75, 3.05) is 39.0 Å². The van der Waals surface area contributed by atoms with Crippen molar-refractivity contribution in [3.05, 3.63) is 23.8 Å². The summed E-state index contributed by atoms with van der Waals surface area (Å²) in [5, 5.41) is 0.0805. The number of likely N-dealkylation sites (tertiary alicyclic amines) is 1. The van der Waals surface area contributed by atoms with Crippen molar-refractivity contribution in [1.29, 1.82) is 0 Å². The Morgan fingerprint density at radius 3 is 2.59 bits per heavy atom. The van der Waals surface area contributed by atoms with Crippen LogP contribution in [0.1, 0.15) is 49.5 Å². The normalized spacial score (nSPS) is 24.1. The SMILES string of the molecule is COc1ccc(C2SCC(=O)N2CCN2CCCC2)cc1OC1CCCC1. The Hall–Kier alpha value is -1.40. The first-order chi connectivity index (χ1) is 13.2. The van der Waals surface area contributed by atoms with Crippen molar-refractivity contribution in [3.8, 4) is 11.5 Å². The maximum Gasteiger partial charge on any atom is 0.233 e. The summed E-state index contributed by atoms with van der Waals surface area (Å²) >= 11 is 1.72. The van der Waals surface area contributed by atoms with Crippen LogP contribution in [-0.4, -0.2) is 60.9 Å². The van der Waals surface area contributed by atoms with Gasteiger partial charge in [-0.2, -0.15) is 0 Å². The molecule has 2 aliphatic heterocycles. The molecule has 4 rings (SSSR count). The quantitative estimate of drug-likeness (QED) is 0.710. The molecule has 1 atom stereocenters. The molecule has 5 nitrogen and oxygen atoms in total. The Morgan fingerprint density at radius 1 is 1.07 bits per heavy atom. The van der Waals surface area contributed by atoms with Crippen LogP contribution in [0, 0.1) is 0 Å². The third kappa shape index (κ3) is 4.37. The summed E-state index contributed by atoms with van der Waals surface area (Å²) < 4.78 is 11.8. The average Bonchev–Trinajstić information content (AvgIpc) is 3.43. The highest BCUT2D eigenvalue weighted by Gasteiger charge is 2.33. The first-order valence-electron chi connectivity index (χ1n) is 10.2. The molecular formula is C21H30N2O3S. The highest BCUT2D eigenvalue weighted by molar-refractivity contribution is 8.00.